The van der Waals surface area contributed by atoms with Crippen LogP contribution >= 0.6 is 0 Å². The highest BCUT2D eigenvalue weighted by molar-refractivity contribution is 5.70. The Labute approximate surface area is 150 Å². The van der Waals surface area contributed by atoms with E-state index in [-0.39, 0.29) is 26.2 Å². The standard InChI is InChI=1S/C20H21F3O3/c21-20(22,23)9-2-10-26-19-4-1-3-15(12-19)5-6-16-7-8-17(13-24)18(11-16)14-25/h1,3-8,11-12,24-25H,2,9-10,13-14H2/b6-5+. The Morgan fingerprint density at radius 1 is 0.885 bits per heavy atom. The van der Waals surface area contributed by atoms with Crippen LogP contribution in [-0.4, -0.2) is 23.0 Å². The van der Waals surface area contributed by atoms with Crippen LogP contribution in [0.15, 0.2) is 42.5 Å². The van der Waals surface area contributed by atoms with Gasteiger partial charge in [0.1, 0.15) is 5.75 Å². The third-order valence-electron chi connectivity index (χ3n) is 3.77. The first-order valence-corrected chi connectivity index (χ1v) is 8.22. The number of rotatable bonds is 8. The van der Waals surface area contributed by atoms with Crippen LogP contribution < -0.4 is 4.74 Å². The molecule has 0 heterocycles. The molecular formula is C20H21F3O3. The summed E-state index contributed by atoms with van der Waals surface area (Å²) >= 11 is 0. The number of ether oxygens (including phenoxy) is 1. The van der Waals surface area contributed by atoms with Gasteiger partial charge in [0.2, 0.25) is 0 Å². The third kappa shape index (κ3) is 6.54. The number of halogens is 3. The molecule has 140 valence electrons. The fraction of sp³-hybridized carbons (Fsp3) is 0.300. The van der Waals surface area contributed by atoms with E-state index in [1.165, 1.54) is 0 Å². The molecule has 0 spiro atoms. The highest BCUT2D eigenvalue weighted by Gasteiger charge is 2.26. The highest BCUT2D eigenvalue weighted by Crippen LogP contribution is 2.22. The van der Waals surface area contributed by atoms with Gasteiger partial charge in [-0.25, -0.2) is 0 Å². The average molecular weight is 366 g/mol. The van der Waals surface area contributed by atoms with Crippen molar-refractivity contribution in [3.63, 3.8) is 0 Å². The minimum Gasteiger partial charge on any atom is -0.494 e. The van der Waals surface area contributed by atoms with Gasteiger partial charge in [0.15, 0.2) is 0 Å². The maximum Gasteiger partial charge on any atom is 0.389 e. The summed E-state index contributed by atoms with van der Waals surface area (Å²) in [6.07, 6.45) is -1.40. The van der Waals surface area contributed by atoms with Gasteiger partial charge >= 0.3 is 6.18 Å². The molecule has 2 N–H and O–H groups in total. The number of benzene rings is 2. The molecule has 6 heteroatoms. The van der Waals surface area contributed by atoms with Crippen LogP contribution in [-0.2, 0) is 13.2 Å². The summed E-state index contributed by atoms with van der Waals surface area (Å²) in [5, 5.41) is 18.5. The van der Waals surface area contributed by atoms with Gasteiger partial charge in [-0.3, -0.25) is 0 Å². The van der Waals surface area contributed by atoms with E-state index in [9.17, 15) is 23.4 Å². The van der Waals surface area contributed by atoms with Gasteiger partial charge in [-0.2, -0.15) is 13.2 Å². The monoisotopic (exact) mass is 366 g/mol. The summed E-state index contributed by atoms with van der Waals surface area (Å²) in [6.45, 7) is -0.276. The first kappa shape index (κ1) is 20.0. The Balaban J connectivity index is 1.98. The molecule has 0 amide bonds. The van der Waals surface area contributed by atoms with E-state index in [0.29, 0.717) is 16.9 Å². The molecule has 0 aromatic heterocycles. The summed E-state index contributed by atoms with van der Waals surface area (Å²) in [7, 11) is 0. The minimum absolute atomic E-state index is 0.00909. The molecule has 0 fully saturated rings. The Bertz CT molecular complexity index is 739. The molecule has 3 nitrogen and oxygen atoms in total. The summed E-state index contributed by atoms with van der Waals surface area (Å²) in [5.41, 5.74) is 3.05. The van der Waals surface area contributed by atoms with Crippen molar-refractivity contribution in [2.75, 3.05) is 6.61 Å². The van der Waals surface area contributed by atoms with E-state index in [0.717, 1.165) is 11.1 Å². The molecule has 0 saturated heterocycles. The molecule has 26 heavy (non-hydrogen) atoms. The molecule has 0 bridgehead atoms. The Kier molecular flexibility index (Phi) is 7.24. The molecule has 2 aromatic rings. The maximum atomic E-state index is 12.1. The van der Waals surface area contributed by atoms with Gasteiger partial charge < -0.3 is 14.9 Å². The quantitative estimate of drug-likeness (QED) is 0.532. The number of aliphatic hydroxyl groups excluding tert-OH is 2. The molecule has 0 radical (unpaired) electrons. The zero-order valence-electron chi connectivity index (χ0n) is 14.2. The second-order valence-electron chi connectivity index (χ2n) is 5.82. The molecule has 2 aromatic carbocycles. The lowest BCUT2D eigenvalue weighted by molar-refractivity contribution is -0.136. The number of hydrogen-bond acceptors (Lipinski definition) is 3. The summed E-state index contributed by atoms with van der Waals surface area (Å²) < 4.78 is 41.7. The van der Waals surface area contributed by atoms with Crippen molar-refractivity contribution in [2.45, 2.75) is 32.2 Å². The van der Waals surface area contributed by atoms with Gasteiger partial charge in [-0.1, -0.05) is 36.4 Å². The largest absolute Gasteiger partial charge is 0.494 e. The van der Waals surface area contributed by atoms with Gasteiger partial charge in [0.25, 0.3) is 0 Å². The molecular weight excluding hydrogens is 345 g/mol. The van der Waals surface area contributed by atoms with Crippen LogP contribution in [0.1, 0.15) is 35.1 Å². The van der Waals surface area contributed by atoms with Gasteiger partial charge in [0, 0.05) is 6.42 Å². The average Bonchev–Trinajstić information content (AvgIpc) is 2.63. The van der Waals surface area contributed by atoms with Crippen molar-refractivity contribution in [3.8, 4) is 5.75 Å². The van der Waals surface area contributed by atoms with E-state index in [1.807, 2.05) is 24.3 Å². The number of alkyl halides is 3. The highest BCUT2D eigenvalue weighted by atomic mass is 19.4. The topological polar surface area (TPSA) is 49.7 Å². The molecule has 0 unspecified atom stereocenters. The van der Waals surface area contributed by atoms with Crippen molar-refractivity contribution in [2.24, 2.45) is 0 Å². The zero-order valence-corrected chi connectivity index (χ0v) is 14.2. The Morgan fingerprint density at radius 3 is 2.23 bits per heavy atom. The predicted molar refractivity (Wildman–Crippen MR) is 94.4 cm³/mol. The predicted octanol–water partition coefficient (Wildman–Crippen LogP) is 4.56. The molecule has 2 rings (SSSR count). The van der Waals surface area contributed by atoms with Crippen molar-refractivity contribution in [3.05, 3.63) is 64.7 Å². The van der Waals surface area contributed by atoms with Crippen molar-refractivity contribution in [1.82, 2.24) is 0 Å². The van der Waals surface area contributed by atoms with Crippen LogP contribution in [0.4, 0.5) is 13.2 Å². The number of aliphatic hydroxyl groups is 2. The fourth-order valence-corrected chi connectivity index (χ4v) is 2.41. The van der Waals surface area contributed by atoms with Crippen LogP contribution in [0.2, 0.25) is 0 Å². The lowest BCUT2D eigenvalue weighted by atomic mass is 10.0. The van der Waals surface area contributed by atoms with E-state index >= 15 is 0 Å². The third-order valence-corrected chi connectivity index (χ3v) is 3.77. The summed E-state index contributed by atoms with van der Waals surface area (Å²) in [6, 6.07) is 12.5. The number of hydrogen-bond donors (Lipinski definition) is 2. The first-order chi connectivity index (χ1) is 12.4. The SMILES string of the molecule is OCc1ccc(/C=C/c2cccc(OCCCC(F)(F)F)c2)cc1CO. The summed E-state index contributed by atoms with van der Waals surface area (Å²) in [4.78, 5) is 0. The van der Waals surface area contributed by atoms with Gasteiger partial charge in [-0.15, -0.1) is 0 Å². The molecule has 0 saturated carbocycles. The summed E-state index contributed by atoms with van der Waals surface area (Å²) in [5.74, 6) is 0.515. The van der Waals surface area contributed by atoms with E-state index in [4.69, 9.17) is 4.74 Å². The van der Waals surface area contributed by atoms with Crippen LogP contribution in [0.3, 0.4) is 0 Å². The molecule has 0 aliphatic carbocycles. The van der Waals surface area contributed by atoms with Crippen molar-refractivity contribution >= 4 is 12.2 Å². The van der Waals surface area contributed by atoms with Crippen molar-refractivity contribution in [1.29, 1.82) is 0 Å². The zero-order chi connectivity index (χ0) is 19.0. The molecule has 0 atom stereocenters. The smallest absolute Gasteiger partial charge is 0.389 e. The van der Waals surface area contributed by atoms with Crippen LogP contribution in [0.5, 0.6) is 5.75 Å². The maximum absolute atomic E-state index is 12.1. The Morgan fingerprint density at radius 2 is 1.58 bits per heavy atom. The van der Waals surface area contributed by atoms with E-state index in [2.05, 4.69) is 0 Å². The minimum atomic E-state index is -4.16. The van der Waals surface area contributed by atoms with E-state index < -0.39 is 12.6 Å². The first-order valence-electron chi connectivity index (χ1n) is 8.22. The second-order valence-corrected chi connectivity index (χ2v) is 5.82. The lowest BCUT2D eigenvalue weighted by Gasteiger charge is -2.08. The van der Waals surface area contributed by atoms with Gasteiger partial charge in [0.05, 0.1) is 19.8 Å². The molecule has 0 aliphatic heterocycles. The van der Waals surface area contributed by atoms with Crippen LogP contribution in [0, 0.1) is 0 Å². The van der Waals surface area contributed by atoms with Crippen molar-refractivity contribution < 1.29 is 28.1 Å². The normalized spacial score (nSPS) is 11.9. The second kappa shape index (κ2) is 9.40. The lowest BCUT2D eigenvalue weighted by Crippen LogP contribution is -2.09. The molecule has 0 aliphatic rings. The Hall–Kier alpha value is -2.31. The van der Waals surface area contributed by atoms with Crippen LogP contribution in [0.25, 0.3) is 12.2 Å². The van der Waals surface area contributed by atoms with E-state index in [1.54, 1.807) is 30.3 Å². The van der Waals surface area contributed by atoms with Gasteiger partial charge in [-0.05, 0) is 46.9 Å². The fourth-order valence-electron chi connectivity index (χ4n) is 2.41.